The number of hydrogen-bond acceptors (Lipinski definition) is 5. The fourth-order valence-corrected chi connectivity index (χ4v) is 2.84. The second kappa shape index (κ2) is 5.98. The Balaban J connectivity index is 2.15. The van der Waals surface area contributed by atoms with E-state index in [1.54, 1.807) is 18.2 Å². The van der Waals surface area contributed by atoms with E-state index in [1.807, 2.05) is 0 Å². The molecule has 1 aliphatic heterocycles. The van der Waals surface area contributed by atoms with Gasteiger partial charge < -0.3 is 14.2 Å². The molecule has 0 aliphatic carbocycles. The van der Waals surface area contributed by atoms with Gasteiger partial charge in [0.1, 0.15) is 6.10 Å². The highest BCUT2D eigenvalue weighted by Crippen LogP contribution is 2.31. The molecule has 0 radical (unpaired) electrons. The predicted molar refractivity (Wildman–Crippen MR) is 71.3 cm³/mol. The minimum Gasteiger partial charge on any atom is -0.493 e. The molecule has 0 spiro atoms. The SMILES string of the molecule is COc1cc(CS(=O)(=O)Cl)ccc1OC1CCOC1. The monoisotopic (exact) mass is 306 g/mol. The van der Waals surface area contributed by atoms with Gasteiger partial charge in [0.25, 0.3) is 0 Å². The molecule has 0 saturated carbocycles. The Kier molecular flexibility index (Phi) is 4.54. The molecule has 1 unspecified atom stereocenters. The zero-order valence-corrected chi connectivity index (χ0v) is 12.0. The normalized spacial score (nSPS) is 19.4. The van der Waals surface area contributed by atoms with E-state index in [-0.39, 0.29) is 11.9 Å². The lowest BCUT2D eigenvalue weighted by molar-refractivity contribution is 0.138. The van der Waals surface area contributed by atoms with Crippen molar-refractivity contribution in [3.8, 4) is 11.5 Å². The lowest BCUT2D eigenvalue weighted by Gasteiger charge is -2.15. The van der Waals surface area contributed by atoms with Gasteiger partial charge in [-0.15, -0.1) is 0 Å². The van der Waals surface area contributed by atoms with Crippen molar-refractivity contribution in [3.63, 3.8) is 0 Å². The van der Waals surface area contributed by atoms with Crippen LogP contribution in [0.2, 0.25) is 0 Å². The lowest BCUT2D eigenvalue weighted by Crippen LogP contribution is -2.16. The zero-order chi connectivity index (χ0) is 13.9. The second-order valence-electron chi connectivity index (χ2n) is 4.27. The van der Waals surface area contributed by atoms with Gasteiger partial charge in [-0.1, -0.05) is 6.07 Å². The van der Waals surface area contributed by atoms with Crippen molar-refractivity contribution >= 4 is 19.7 Å². The number of hydrogen-bond donors (Lipinski definition) is 0. The summed E-state index contributed by atoms with van der Waals surface area (Å²) in [4.78, 5) is 0. The first-order valence-electron chi connectivity index (χ1n) is 5.81. The van der Waals surface area contributed by atoms with Crippen LogP contribution >= 0.6 is 10.7 Å². The van der Waals surface area contributed by atoms with Crippen LogP contribution in [0.25, 0.3) is 0 Å². The molecular formula is C12H15ClO5S. The van der Waals surface area contributed by atoms with Crippen LogP contribution in [0.3, 0.4) is 0 Å². The van der Waals surface area contributed by atoms with Gasteiger partial charge in [0, 0.05) is 17.1 Å². The van der Waals surface area contributed by atoms with Crippen molar-refractivity contribution in [1.29, 1.82) is 0 Å². The quantitative estimate of drug-likeness (QED) is 0.778. The first-order valence-corrected chi connectivity index (χ1v) is 8.29. The molecule has 1 aliphatic rings. The van der Waals surface area contributed by atoms with Crippen molar-refractivity contribution in [3.05, 3.63) is 23.8 Å². The van der Waals surface area contributed by atoms with Crippen LogP contribution in [0.1, 0.15) is 12.0 Å². The molecule has 0 bridgehead atoms. The van der Waals surface area contributed by atoms with Gasteiger partial charge in [0.2, 0.25) is 9.05 Å². The van der Waals surface area contributed by atoms with E-state index >= 15 is 0 Å². The summed E-state index contributed by atoms with van der Waals surface area (Å²) in [6.07, 6.45) is 0.845. The number of methoxy groups -OCH3 is 1. The van der Waals surface area contributed by atoms with Gasteiger partial charge in [0.15, 0.2) is 11.5 Å². The van der Waals surface area contributed by atoms with E-state index < -0.39 is 9.05 Å². The molecule has 1 heterocycles. The van der Waals surface area contributed by atoms with Crippen molar-refractivity contribution in [2.24, 2.45) is 0 Å². The largest absolute Gasteiger partial charge is 0.493 e. The molecule has 1 saturated heterocycles. The van der Waals surface area contributed by atoms with Crippen LogP contribution in [0.4, 0.5) is 0 Å². The third-order valence-corrected chi connectivity index (χ3v) is 3.75. The van der Waals surface area contributed by atoms with Crippen LogP contribution in [0.15, 0.2) is 18.2 Å². The Bertz CT molecular complexity index is 537. The molecule has 0 N–H and O–H groups in total. The average Bonchev–Trinajstić information content (AvgIpc) is 2.82. The van der Waals surface area contributed by atoms with Crippen LogP contribution in [-0.2, 0) is 19.5 Å². The second-order valence-corrected chi connectivity index (χ2v) is 7.05. The van der Waals surface area contributed by atoms with E-state index in [9.17, 15) is 8.42 Å². The molecule has 5 nitrogen and oxygen atoms in total. The third-order valence-electron chi connectivity index (χ3n) is 2.75. The van der Waals surface area contributed by atoms with E-state index in [1.165, 1.54) is 7.11 Å². The maximum atomic E-state index is 11.0. The zero-order valence-electron chi connectivity index (χ0n) is 10.5. The smallest absolute Gasteiger partial charge is 0.236 e. The maximum Gasteiger partial charge on any atom is 0.236 e. The molecule has 106 valence electrons. The van der Waals surface area contributed by atoms with Crippen LogP contribution in [0, 0.1) is 0 Å². The molecule has 7 heteroatoms. The van der Waals surface area contributed by atoms with Gasteiger partial charge >= 0.3 is 0 Å². The van der Waals surface area contributed by atoms with Crippen molar-refractivity contribution < 1.29 is 22.6 Å². The van der Waals surface area contributed by atoms with Gasteiger partial charge in [-0.05, 0) is 17.7 Å². The Hall–Kier alpha value is -0.980. The Labute approximate surface area is 116 Å². The summed E-state index contributed by atoms with van der Waals surface area (Å²) >= 11 is 0. The summed E-state index contributed by atoms with van der Waals surface area (Å²) in [6, 6.07) is 4.97. The van der Waals surface area contributed by atoms with Gasteiger partial charge in [-0.3, -0.25) is 0 Å². The molecule has 1 atom stereocenters. The first kappa shape index (κ1) is 14.4. The highest BCUT2D eigenvalue weighted by molar-refractivity contribution is 8.13. The number of rotatable bonds is 5. The maximum absolute atomic E-state index is 11.0. The highest BCUT2D eigenvalue weighted by Gasteiger charge is 2.19. The predicted octanol–water partition coefficient (Wildman–Crippen LogP) is 1.93. The standard InChI is InChI=1S/C12H15ClO5S/c1-16-12-6-9(8-19(13,14)15)2-3-11(12)18-10-4-5-17-7-10/h2-3,6,10H,4-5,7-8H2,1H3. The van der Waals surface area contributed by atoms with Gasteiger partial charge in [-0.25, -0.2) is 8.42 Å². The van der Waals surface area contributed by atoms with Crippen LogP contribution < -0.4 is 9.47 Å². The number of benzene rings is 1. The summed E-state index contributed by atoms with van der Waals surface area (Å²) in [5.74, 6) is 0.830. The molecule has 1 aromatic rings. The molecule has 1 fully saturated rings. The van der Waals surface area contributed by atoms with Crippen molar-refractivity contribution in [2.75, 3.05) is 20.3 Å². The Morgan fingerprint density at radius 1 is 1.42 bits per heavy atom. The lowest BCUT2D eigenvalue weighted by atomic mass is 10.2. The van der Waals surface area contributed by atoms with E-state index in [2.05, 4.69) is 0 Å². The third kappa shape index (κ3) is 4.26. The molecule has 19 heavy (non-hydrogen) atoms. The fourth-order valence-electron chi connectivity index (χ4n) is 1.88. The summed E-state index contributed by atoms with van der Waals surface area (Å²) < 4.78 is 38.3. The number of ether oxygens (including phenoxy) is 3. The number of halogens is 1. The minimum atomic E-state index is -3.58. The molecule has 2 rings (SSSR count). The van der Waals surface area contributed by atoms with Crippen LogP contribution in [-0.4, -0.2) is 34.8 Å². The average molecular weight is 307 g/mol. The summed E-state index contributed by atoms with van der Waals surface area (Å²) in [5.41, 5.74) is 0.557. The van der Waals surface area contributed by atoms with E-state index in [0.29, 0.717) is 30.3 Å². The Morgan fingerprint density at radius 3 is 2.79 bits per heavy atom. The molecular weight excluding hydrogens is 292 g/mol. The van der Waals surface area contributed by atoms with Gasteiger partial charge in [-0.2, -0.15) is 0 Å². The fraction of sp³-hybridized carbons (Fsp3) is 0.500. The topological polar surface area (TPSA) is 61.8 Å². The molecule has 1 aromatic carbocycles. The Morgan fingerprint density at radius 2 is 2.21 bits per heavy atom. The highest BCUT2D eigenvalue weighted by atomic mass is 35.7. The first-order chi connectivity index (χ1) is 8.98. The van der Waals surface area contributed by atoms with Gasteiger partial charge in [0.05, 0.1) is 26.1 Å². The summed E-state index contributed by atoms with van der Waals surface area (Å²) in [6.45, 7) is 1.25. The summed E-state index contributed by atoms with van der Waals surface area (Å²) in [7, 11) is 3.15. The molecule has 0 amide bonds. The van der Waals surface area contributed by atoms with Crippen molar-refractivity contribution in [1.82, 2.24) is 0 Å². The van der Waals surface area contributed by atoms with E-state index in [0.717, 1.165) is 6.42 Å². The summed E-state index contributed by atoms with van der Waals surface area (Å²) in [5, 5.41) is 0. The molecule has 0 aromatic heterocycles. The van der Waals surface area contributed by atoms with E-state index in [4.69, 9.17) is 24.9 Å². The minimum absolute atomic E-state index is 0.0107. The van der Waals surface area contributed by atoms with Crippen LogP contribution in [0.5, 0.6) is 11.5 Å². The van der Waals surface area contributed by atoms with Crippen molar-refractivity contribution in [2.45, 2.75) is 18.3 Å².